The number of hydrogen-bond donors (Lipinski definition) is 2. The lowest BCUT2D eigenvalue weighted by atomic mass is 10.2. The van der Waals surface area contributed by atoms with Crippen molar-refractivity contribution in [3.8, 4) is 0 Å². The number of nitrogens with one attached hydrogen (secondary N) is 2. The molecule has 0 saturated heterocycles. The second-order valence-corrected chi connectivity index (χ2v) is 11.5. The average Bonchev–Trinajstić information content (AvgIpc) is 2.88. The van der Waals surface area contributed by atoms with Crippen LogP contribution in [0.2, 0.25) is 0 Å². The number of halogens is 3. The van der Waals surface area contributed by atoms with E-state index in [1.54, 1.807) is 6.07 Å². The summed E-state index contributed by atoms with van der Waals surface area (Å²) < 4.78 is 101. The molecule has 4 rings (SSSR count). The Morgan fingerprint density at radius 1 is 0.667 bits per heavy atom. The van der Waals surface area contributed by atoms with Crippen LogP contribution in [0.5, 0.6) is 0 Å². The molecule has 2 N–H and O–H groups in total. The molecule has 0 atom stereocenters. The van der Waals surface area contributed by atoms with Crippen LogP contribution in [-0.2, 0) is 31.4 Å². The van der Waals surface area contributed by atoms with Crippen molar-refractivity contribution in [1.29, 1.82) is 0 Å². The molecule has 0 radical (unpaired) electrons. The van der Waals surface area contributed by atoms with E-state index in [0.717, 1.165) is 66.7 Å². The first kappa shape index (κ1) is 27.7. The Morgan fingerprint density at radius 2 is 1.13 bits per heavy atom. The highest BCUT2D eigenvalue weighted by molar-refractivity contribution is 7.93. The van der Waals surface area contributed by atoms with Gasteiger partial charge >= 0.3 is 5.97 Å². The highest BCUT2D eigenvalue weighted by Crippen LogP contribution is 2.26. The van der Waals surface area contributed by atoms with Crippen molar-refractivity contribution in [2.24, 2.45) is 0 Å². The van der Waals surface area contributed by atoms with Gasteiger partial charge in [-0.15, -0.1) is 0 Å². The summed E-state index contributed by atoms with van der Waals surface area (Å²) in [5, 5.41) is 0. The predicted octanol–water partition coefficient (Wildman–Crippen LogP) is 5.06. The van der Waals surface area contributed by atoms with Crippen LogP contribution in [0.15, 0.2) is 101 Å². The molecule has 0 aliphatic heterocycles. The number of sulfonamides is 2. The molecular formula is C26H19F3N2O6S2. The van der Waals surface area contributed by atoms with E-state index in [0.29, 0.717) is 0 Å². The summed E-state index contributed by atoms with van der Waals surface area (Å²) in [6.45, 7) is -0.451. The molecular weight excluding hydrogens is 557 g/mol. The van der Waals surface area contributed by atoms with Gasteiger partial charge in [-0.1, -0.05) is 18.2 Å². The fourth-order valence-corrected chi connectivity index (χ4v) is 5.44. The van der Waals surface area contributed by atoms with Gasteiger partial charge in [0.15, 0.2) is 0 Å². The van der Waals surface area contributed by atoms with E-state index in [4.69, 9.17) is 4.74 Å². The lowest BCUT2D eigenvalue weighted by Gasteiger charge is -2.14. The summed E-state index contributed by atoms with van der Waals surface area (Å²) in [5.41, 5.74) is -0.674. The molecule has 8 nitrogen and oxygen atoms in total. The lowest BCUT2D eigenvalue weighted by Crippen LogP contribution is -2.16. The van der Waals surface area contributed by atoms with Gasteiger partial charge in [0, 0.05) is 5.56 Å². The Labute approximate surface area is 222 Å². The molecule has 4 aromatic rings. The Hall–Kier alpha value is -4.36. The molecule has 0 aliphatic rings. The fourth-order valence-electron chi connectivity index (χ4n) is 3.36. The molecule has 39 heavy (non-hydrogen) atoms. The third-order valence-corrected chi connectivity index (χ3v) is 8.03. The summed E-state index contributed by atoms with van der Waals surface area (Å²) in [7, 11) is -8.58. The minimum Gasteiger partial charge on any atom is -0.457 e. The number of ether oxygens (including phenoxy) is 1. The smallest absolute Gasteiger partial charge is 0.338 e. The lowest BCUT2D eigenvalue weighted by molar-refractivity contribution is 0.0469. The standard InChI is InChI=1S/C26H19F3N2O6S2/c27-19-5-9-23(10-6-19)38(33,34)30-21-13-18(26(32)37-16-17-3-1-2-4-25(17)29)14-22(15-21)31-39(35,36)24-11-7-20(28)8-12-24/h1-15,30-31H,16H2. The maximum absolute atomic E-state index is 13.9. The van der Waals surface area contributed by atoms with Gasteiger partial charge in [0.05, 0.1) is 26.7 Å². The Kier molecular flexibility index (Phi) is 7.93. The number of carbonyl (C=O) groups excluding carboxylic acids is 1. The molecule has 13 heteroatoms. The number of carbonyl (C=O) groups is 1. The van der Waals surface area contributed by atoms with Crippen LogP contribution in [0.1, 0.15) is 15.9 Å². The maximum atomic E-state index is 13.9. The van der Waals surface area contributed by atoms with Crippen molar-refractivity contribution in [2.75, 3.05) is 9.44 Å². The Balaban J connectivity index is 1.67. The van der Waals surface area contributed by atoms with Crippen LogP contribution in [0, 0.1) is 17.5 Å². The van der Waals surface area contributed by atoms with Gasteiger partial charge in [0.1, 0.15) is 24.1 Å². The van der Waals surface area contributed by atoms with Crippen LogP contribution in [0.3, 0.4) is 0 Å². The zero-order valence-electron chi connectivity index (χ0n) is 19.8. The zero-order valence-corrected chi connectivity index (χ0v) is 21.4. The first-order valence-corrected chi connectivity index (χ1v) is 14.0. The molecule has 0 unspecified atom stereocenters. The van der Waals surface area contributed by atoms with E-state index in [9.17, 15) is 34.8 Å². The average molecular weight is 577 g/mol. The quantitative estimate of drug-likeness (QED) is 0.269. The van der Waals surface area contributed by atoms with Gasteiger partial charge in [0.25, 0.3) is 20.0 Å². The van der Waals surface area contributed by atoms with Gasteiger partial charge in [0.2, 0.25) is 0 Å². The summed E-state index contributed by atoms with van der Waals surface area (Å²) in [6.07, 6.45) is 0. The van der Waals surface area contributed by atoms with Crippen LogP contribution in [-0.4, -0.2) is 22.8 Å². The molecule has 0 heterocycles. The minimum atomic E-state index is -4.29. The van der Waals surface area contributed by atoms with E-state index >= 15 is 0 Å². The zero-order chi connectivity index (χ0) is 28.2. The van der Waals surface area contributed by atoms with Gasteiger partial charge in [-0.25, -0.2) is 34.8 Å². The van der Waals surface area contributed by atoms with Crippen molar-refractivity contribution < 1.29 is 39.5 Å². The SMILES string of the molecule is O=C(OCc1ccccc1F)c1cc(NS(=O)(=O)c2ccc(F)cc2)cc(NS(=O)(=O)c2ccc(F)cc2)c1. The molecule has 0 aliphatic carbocycles. The van der Waals surface area contributed by atoms with Crippen molar-refractivity contribution >= 4 is 37.4 Å². The molecule has 202 valence electrons. The van der Waals surface area contributed by atoms with Gasteiger partial charge in [-0.05, 0) is 72.8 Å². The highest BCUT2D eigenvalue weighted by atomic mass is 32.2. The van der Waals surface area contributed by atoms with Gasteiger partial charge in [-0.3, -0.25) is 9.44 Å². The number of rotatable bonds is 9. The second-order valence-electron chi connectivity index (χ2n) is 8.09. The third-order valence-electron chi connectivity index (χ3n) is 5.24. The third kappa shape index (κ3) is 6.94. The highest BCUT2D eigenvalue weighted by Gasteiger charge is 2.20. The van der Waals surface area contributed by atoms with E-state index in [1.165, 1.54) is 18.2 Å². The number of esters is 1. The maximum Gasteiger partial charge on any atom is 0.338 e. The largest absolute Gasteiger partial charge is 0.457 e. The monoisotopic (exact) mass is 576 g/mol. The topological polar surface area (TPSA) is 119 Å². The molecule has 0 bridgehead atoms. The van der Waals surface area contributed by atoms with Crippen molar-refractivity contribution in [2.45, 2.75) is 16.4 Å². The first-order valence-electron chi connectivity index (χ1n) is 11.1. The normalized spacial score (nSPS) is 11.6. The van der Waals surface area contributed by atoms with E-state index in [1.807, 2.05) is 0 Å². The predicted molar refractivity (Wildman–Crippen MR) is 136 cm³/mol. The number of benzene rings is 4. The minimum absolute atomic E-state index is 0.0799. The fraction of sp³-hybridized carbons (Fsp3) is 0.0385. The molecule has 0 aromatic heterocycles. The first-order chi connectivity index (χ1) is 18.4. The van der Waals surface area contributed by atoms with Gasteiger partial charge in [-0.2, -0.15) is 0 Å². The van der Waals surface area contributed by atoms with Gasteiger partial charge < -0.3 is 4.74 Å². The second kappa shape index (κ2) is 11.2. The number of hydrogen-bond acceptors (Lipinski definition) is 6. The van der Waals surface area contributed by atoms with E-state index in [-0.39, 0.29) is 32.3 Å². The summed E-state index contributed by atoms with van der Waals surface area (Å²) in [5.74, 6) is -2.95. The van der Waals surface area contributed by atoms with Crippen molar-refractivity contribution in [3.05, 3.63) is 120 Å². The van der Waals surface area contributed by atoms with E-state index < -0.39 is 50.1 Å². The van der Waals surface area contributed by atoms with E-state index in [2.05, 4.69) is 9.44 Å². The van der Waals surface area contributed by atoms with Crippen molar-refractivity contribution in [3.63, 3.8) is 0 Å². The van der Waals surface area contributed by atoms with Crippen LogP contribution in [0.25, 0.3) is 0 Å². The summed E-state index contributed by atoms with van der Waals surface area (Å²) >= 11 is 0. The molecule has 4 aromatic carbocycles. The summed E-state index contributed by atoms with van der Waals surface area (Å²) in [6, 6.07) is 16.7. The summed E-state index contributed by atoms with van der Waals surface area (Å²) in [4.78, 5) is 12.2. The van der Waals surface area contributed by atoms with Crippen LogP contribution >= 0.6 is 0 Å². The van der Waals surface area contributed by atoms with Crippen molar-refractivity contribution in [1.82, 2.24) is 0 Å². The molecule has 0 fully saturated rings. The molecule has 0 spiro atoms. The molecule has 0 saturated carbocycles. The Bertz CT molecular complexity index is 1630. The Morgan fingerprint density at radius 3 is 1.59 bits per heavy atom. The van der Waals surface area contributed by atoms with Crippen LogP contribution < -0.4 is 9.44 Å². The molecule has 0 amide bonds. The number of anilines is 2. The van der Waals surface area contributed by atoms with Crippen LogP contribution in [0.4, 0.5) is 24.5 Å².